The van der Waals surface area contributed by atoms with Gasteiger partial charge in [-0.3, -0.25) is 9.59 Å². The van der Waals surface area contributed by atoms with Gasteiger partial charge >= 0.3 is 6.09 Å². The van der Waals surface area contributed by atoms with Crippen molar-refractivity contribution >= 4 is 30.5 Å². The van der Waals surface area contributed by atoms with E-state index in [2.05, 4.69) is 23.3 Å². The molecule has 0 spiro atoms. The third kappa shape index (κ3) is 8.15. The fourth-order valence-corrected chi connectivity index (χ4v) is 4.81. The van der Waals surface area contributed by atoms with Gasteiger partial charge in [-0.05, 0) is 71.9 Å². The van der Waals surface area contributed by atoms with Crippen LogP contribution in [0.25, 0.3) is 0 Å². The molecule has 2 atom stereocenters. The molecule has 7 nitrogen and oxygen atoms in total. The minimum atomic E-state index is -0.956. The van der Waals surface area contributed by atoms with Crippen LogP contribution in [0.2, 0.25) is 0 Å². The van der Waals surface area contributed by atoms with E-state index in [-0.39, 0.29) is 23.6 Å². The highest BCUT2D eigenvalue weighted by Crippen LogP contribution is 2.34. The van der Waals surface area contributed by atoms with Gasteiger partial charge in [0, 0.05) is 17.3 Å². The van der Waals surface area contributed by atoms with Crippen LogP contribution in [0.15, 0.2) is 24.3 Å². The van der Waals surface area contributed by atoms with Crippen molar-refractivity contribution in [3.63, 3.8) is 0 Å². The lowest BCUT2D eigenvalue weighted by atomic mass is 9.89. The van der Waals surface area contributed by atoms with Gasteiger partial charge in [-0.2, -0.15) is 12.6 Å². The van der Waals surface area contributed by atoms with Gasteiger partial charge in [0.15, 0.2) is 0 Å². The normalized spacial score (nSPS) is 16.6. The first-order chi connectivity index (χ1) is 16.8. The molecule has 0 aromatic heterocycles. The number of rotatable bonds is 9. The number of aryl methyl sites for hydroxylation is 1. The highest BCUT2D eigenvalue weighted by Gasteiger charge is 2.43. The lowest BCUT2D eigenvalue weighted by Crippen LogP contribution is -2.60. The van der Waals surface area contributed by atoms with Crippen LogP contribution in [0.5, 0.6) is 0 Å². The summed E-state index contributed by atoms with van der Waals surface area (Å²) in [6, 6.07) is 5.96. The number of nitrogens with zero attached hydrogens (tertiary/aromatic N) is 1. The van der Waals surface area contributed by atoms with Crippen LogP contribution in [0, 0.1) is 6.92 Å². The fraction of sp³-hybridized carbons (Fsp3) is 0.679. The Kier molecular flexibility index (Phi) is 10.7. The van der Waals surface area contributed by atoms with E-state index in [4.69, 9.17) is 4.74 Å². The maximum Gasteiger partial charge on any atom is 0.408 e. The number of thiol groups is 1. The van der Waals surface area contributed by atoms with Crippen molar-refractivity contribution in [1.82, 2.24) is 15.5 Å². The first-order valence-electron chi connectivity index (χ1n) is 13.1. The number of hydrogen-bond donors (Lipinski definition) is 3. The first-order valence-corrected chi connectivity index (χ1v) is 13.7. The van der Waals surface area contributed by atoms with Crippen molar-refractivity contribution < 1.29 is 19.1 Å². The molecule has 2 N–H and O–H groups in total. The van der Waals surface area contributed by atoms with Gasteiger partial charge in [0.05, 0.1) is 0 Å². The third-order valence-corrected chi connectivity index (χ3v) is 7.23. The van der Waals surface area contributed by atoms with Gasteiger partial charge < -0.3 is 20.3 Å². The number of ether oxygens (including phenoxy) is 1. The minimum absolute atomic E-state index is 0.0686. The number of carbonyl (C=O) groups excluding carboxylic acids is 3. The molecule has 0 radical (unpaired) electrons. The number of hydrogen-bond acceptors (Lipinski definition) is 5. The molecule has 36 heavy (non-hydrogen) atoms. The molecule has 1 aromatic rings. The van der Waals surface area contributed by atoms with Crippen LogP contribution in [-0.4, -0.2) is 51.8 Å². The number of amides is 3. The Hall–Kier alpha value is -2.22. The number of nitrogens with one attached hydrogen (secondary N) is 2. The Labute approximate surface area is 222 Å². The molecule has 0 heterocycles. The van der Waals surface area contributed by atoms with Crippen molar-refractivity contribution in [3.8, 4) is 0 Å². The summed E-state index contributed by atoms with van der Waals surface area (Å²) in [5, 5.41) is 5.92. The predicted molar refractivity (Wildman–Crippen MR) is 147 cm³/mol. The SMILES string of the molecule is CCC(C)(C)N(C(=O)C(CS)NC(=O)OC(C)(C)C)C(C(=O)NC1CCCCC1)c1ccccc1C. The molecule has 2 rings (SSSR count). The molecule has 1 aliphatic rings. The van der Waals surface area contributed by atoms with Crippen molar-refractivity contribution in [1.29, 1.82) is 0 Å². The molecule has 1 fully saturated rings. The predicted octanol–water partition coefficient (Wildman–Crippen LogP) is 5.33. The van der Waals surface area contributed by atoms with Gasteiger partial charge in [0.2, 0.25) is 11.8 Å². The summed E-state index contributed by atoms with van der Waals surface area (Å²) in [7, 11) is 0. The maximum atomic E-state index is 14.1. The van der Waals surface area contributed by atoms with Crippen LogP contribution in [-0.2, 0) is 14.3 Å². The molecule has 0 saturated heterocycles. The van der Waals surface area contributed by atoms with Crippen LogP contribution in [0.3, 0.4) is 0 Å². The lowest BCUT2D eigenvalue weighted by Gasteiger charge is -2.45. The standard InChI is InChI=1S/C28H45N3O4S/c1-8-28(6,7)31(25(33)22(18-36)30-26(34)35-27(3,4)5)23(21-17-13-12-14-19(21)2)24(32)29-20-15-10-9-11-16-20/h12-14,17,20,22-23,36H,8-11,15-16,18H2,1-7H3,(H,29,32)(H,30,34). The van der Waals surface area contributed by atoms with Crippen molar-refractivity contribution in [2.75, 3.05) is 5.75 Å². The Morgan fingerprint density at radius 1 is 1.08 bits per heavy atom. The van der Waals surface area contributed by atoms with Crippen molar-refractivity contribution in [3.05, 3.63) is 35.4 Å². The molecule has 1 saturated carbocycles. The topological polar surface area (TPSA) is 87.7 Å². The van der Waals surface area contributed by atoms with Gasteiger partial charge in [-0.1, -0.05) is 50.5 Å². The Morgan fingerprint density at radius 3 is 2.22 bits per heavy atom. The Balaban J connectivity index is 2.51. The van der Waals surface area contributed by atoms with E-state index >= 15 is 0 Å². The monoisotopic (exact) mass is 519 g/mol. The zero-order valence-electron chi connectivity index (χ0n) is 23.0. The second-order valence-electron chi connectivity index (χ2n) is 11.4. The molecule has 202 valence electrons. The molecule has 8 heteroatoms. The van der Waals surface area contributed by atoms with Crippen LogP contribution in [0.1, 0.15) is 97.2 Å². The van der Waals surface area contributed by atoms with E-state index in [1.807, 2.05) is 52.0 Å². The molecule has 1 aliphatic carbocycles. The van der Waals surface area contributed by atoms with Gasteiger partial charge in [-0.25, -0.2) is 4.79 Å². The summed E-state index contributed by atoms with van der Waals surface area (Å²) in [4.78, 5) is 42.3. The molecular formula is C28H45N3O4S. The molecule has 3 amide bonds. The lowest BCUT2D eigenvalue weighted by molar-refractivity contribution is -0.149. The molecule has 0 aliphatic heterocycles. The van der Waals surface area contributed by atoms with Crippen LogP contribution >= 0.6 is 12.6 Å². The smallest absolute Gasteiger partial charge is 0.408 e. The highest BCUT2D eigenvalue weighted by atomic mass is 32.1. The molecule has 0 bridgehead atoms. The summed E-state index contributed by atoms with van der Waals surface area (Å²) >= 11 is 4.38. The van der Waals surface area contributed by atoms with E-state index < -0.39 is 29.3 Å². The largest absolute Gasteiger partial charge is 0.444 e. The molecule has 2 unspecified atom stereocenters. The van der Waals surface area contributed by atoms with Crippen molar-refractivity contribution in [2.24, 2.45) is 0 Å². The quantitative estimate of drug-likeness (QED) is 0.385. The van der Waals surface area contributed by atoms with E-state index in [0.717, 1.165) is 36.8 Å². The minimum Gasteiger partial charge on any atom is -0.444 e. The summed E-state index contributed by atoms with van der Waals surface area (Å²) < 4.78 is 5.39. The third-order valence-electron chi connectivity index (χ3n) is 6.87. The van der Waals surface area contributed by atoms with E-state index in [1.54, 1.807) is 25.7 Å². The van der Waals surface area contributed by atoms with Gasteiger partial charge in [-0.15, -0.1) is 0 Å². The number of benzene rings is 1. The Bertz CT molecular complexity index is 906. The summed E-state index contributed by atoms with van der Waals surface area (Å²) in [6.45, 7) is 13.1. The van der Waals surface area contributed by atoms with Gasteiger partial charge in [0.1, 0.15) is 17.7 Å². The number of carbonyl (C=O) groups is 3. The second-order valence-corrected chi connectivity index (χ2v) is 11.7. The first kappa shape index (κ1) is 30.0. The second kappa shape index (κ2) is 12.8. The van der Waals surface area contributed by atoms with Crippen molar-refractivity contribution in [2.45, 2.75) is 116 Å². The summed E-state index contributed by atoms with van der Waals surface area (Å²) in [6.07, 6.45) is 5.16. The fourth-order valence-electron chi connectivity index (χ4n) is 4.57. The number of alkyl carbamates (subject to hydrolysis) is 1. The zero-order valence-corrected chi connectivity index (χ0v) is 23.9. The zero-order chi connectivity index (χ0) is 27.1. The van der Waals surface area contributed by atoms with E-state index in [1.165, 1.54) is 6.42 Å². The summed E-state index contributed by atoms with van der Waals surface area (Å²) in [5.74, 6) is -0.491. The molecule has 1 aromatic carbocycles. The average Bonchev–Trinajstić information content (AvgIpc) is 2.80. The van der Waals surface area contributed by atoms with Crippen LogP contribution in [0.4, 0.5) is 4.79 Å². The Morgan fingerprint density at radius 2 is 1.69 bits per heavy atom. The molecular weight excluding hydrogens is 474 g/mol. The highest BCUT2D eigenvalue weighted by molar-refractivity contribution is 7.80. The summed E-state index contributed by atoms with van der Waals surface area (Å²) in [5.41, 5.74) is 0.315. The maximum absolute atomic E-state index is 14.1. The average molecular weight is 520 g/mol. The van der Waals surface area contributed by atoms with E-state index in [9.17, 15) is 14.4 Å². The van der Waals surface area contributed by atoms with Gasteiger partial charge in [0.25, 0.3) is 0 Å². The van der Waals surface area contributed by atoms with Crippen LogP contribution < -0.4 is 10.6 Å². The van der Waals surface area contributed by atoms with E-state index in [0.29, 0.717) is 6.42 Å².